The van der Waals surface area contributed by atoms with Gasteiger partial charge in [0.05, 0.1) is 13.2 Å². The summed E-state index contributed by atoms with van der Waals surface area (Å²) in [5.41, 5.74) is 0. The van der Waals surface area contributed by atoms with E-state index in [0.717, 1.165) is 63.7 Å². The molecule has 0 bridgehead atoms. The summed E-state index contributed by atoms with van der Waals surface area (Å²) in [6, 6.07) is 2.36. The number of ether oxygens (including phenoxy) is 1. The summed E-state index contributed by atoms with van der Waals surface area (Å²) in [4.78, 5) is 11.3. The van der Waals surface area contributed by atoms with Crippen molar-refractivity contribution < 1.29 is 9.15 Å². The third-order valence-electron chi connectivity index (χ3n) is 4.88. The molecule has 1 aliphatic carbocycles. The summed E-state index contributed by atoms with van der Waals surface area (Å²) in [5, 5.41) is 11.5. The van der Waals surface area contributed by atoms with E-state index in [0.29, 0.717) is 23.8 Å². The monoisotopic (exact) mass is 344 g/mol. The molecule has 1 saturated carbocycles. The smallest absolute Gasteiger partial charge is 0.224 e. The maximum Gasteiger partial charge on any atom is 0.224 e. The number of nitrogens with zero attached hydrogens (tertiary/aromatic N) is 5. The van der Waals surface area contributed by atoms with E-state index < -0.39 is 0 Å². The van der Waals surface area contributed by atoms with Crippen molar-refractivity contribution in [3.8, 4) is 0 Å². The Morgan fingerprint density at radius 2 is 2.12 bits per heavy atom. The molecule has 3 heterocycles. The summed E-state index contributed by atoms with van der Waals surface area (Å²) < 4.78 is 10.9. The SMILES string of the molecule is Cc1nnc(C[C@@H]2CC[C@H](Nc3nccc(N4CCOCC4)n3)C2)o1. The maximum absolute atomic E-state index is 5.50. The fourth-order valence-electron chi connectivity index (χ4n) is 3.63. The third-order valence-corrected chi connectivity index (χ3v) is 4.88. The molecule has 2 aromatic rings. The van der Waals surface area contributed by atoms with Gasteiger partial charge in [-0.15, -0.1) is 10.2 Å². The minimum atomic E-state index is 0.397. The second-order valence-electron chi connectivity index (χ2n) is 6.78. The number of morpholine rings is 1. The normalized spacial score (nSPS) is 23.8. The highest BCUT2D eigenvalue weighted by molar-refractivity contribution is 5.43. The molecule has 25 heavy (non-hydrogen) atoms. The molecule has 0 aromatic carbocycles. The summed E-state index contributed by atoms with van der Waals surface area (Å²) in [6.45, 7) is 5.10. The Hall–Kier alpha value is -2.22. The molecule has 4 rings (SSSR count). The first kappa shape index (κ1) is 16.3. The molecule has 8 nitrogen and oxygen atoms in total. The zero-order chi connectivity index (χ0) is 17.1. The van der Waals surface area contributed by atoms with Gasteiger partial charge in [-0.25, -0.2) is 4.98 Å². The Morgan fingerprint density at radius 3 is 2.92 bits per heavy atom. The standard InChI is InChI=1S/C17H24N6O2/c1-12-21-22-16(25-12)11-13-2-3-14(10-13)19-17-18-5-4-15(20-17)23-6-8-24-9-7-23/h4-5,13-14H,2-3,6-11H2,1H3,(H,18,19,20)/t13-,14+/m1/s1. The number of nitrogens with one attached hydrogen (secondary N) is 1. The predicted octanol–water partition coefficient (Wildman–Crippen LogP) is 1.83. The Kier molecular flexibility index (Phi) is 4.78. The average molecular weight is 344 g/mol. The molecule has 1 saturated heterocycles. The lowest BCUT2D eigenvalue weighted by molar-refractivity contribution is 0.122. The molecule has 1 aliphatic heterocycles. The predicted molar refractivity (Wildman–Crippen MR) is 92.6 cm³/mol. The molecule has 2 atom stereocenters. The number of rotatable bonds is 5. The van der Waals surface area contributed by atoms with Crippen molar-refractivity contribution in [1.29, 1.82) is 0 Å². The van der Waals surface area contributed by atoms with Gasteiger partial charge in [-0.2, -0.15) is 4.98 Å². The van der Waals surface area contributed by atoms with E-state index >= 15 is 0 Å². The van der Waals surface area contributed by atoms with E-state index in [1.54, 1.807) is 0 Å². The third kappa shape index (κ3) is 4.07. The van der Waals surface area contributed by atoms with E-state index in [-0.39, 0.29) is 0 Å². The van der Waals surface area contributed by atoms with Crippen LogP contribution in [0.2, 0.25) is 0 Å². The van der Waals surface area contributed by atoms with Crippen LogP contribution in [0.4, 0.5) is 11.8 Å². The second-order valence-corrected chi connectivity index (χ2v) is 6.78. The highest BCUT2D eigenvalue weighted by Crippen LogP contribution is 2.30. The highest BCUT2D eigenvalue weighted by atomic mass is 16.5. The topological polar surface area (TPSA) is 89.2 Å². The molecule has 1 N–H and O–H groups in total. The van der Waals surface area contributed by atoms with Crippen LogP contribution < -0.4 is 10.2 Å². The van der Waals surface area contributed by atoms with E-state index in [1.807, 2.05) is 19.2 Å². The van der Waals surface area contributed by atoms with E-state index in [1.165, 1.54) is 0 Å². The van der Waals surface area contributed by atoms with Gasteiger partial charge in [0, 0.05) is 38.7 Å². The number of hydrogen-bond acceptors (Lipinski definition) is 8. The lowest BCUT2D eigenvalue weighted by Gasteiger charge is -2.28. The van der Waals surface area contributed by atoms with Gasteiger partial charge in [-0.3, -0.25) is 0 Å². The van der Waals surface area contributed by atoms with Crippen molar-refractivity contribution in [1.82, 2.24) is 20.2 Å². The quantitative estimate of drug-likeness (QED) is 0.879. The summed E-state index contributed by atoms with van der Waals surface area (Å²) in [5.74, 6) is 3.63. The molecule has 0 unspecified atom stereocenters. The first-order valence-corrected chi connectivity index (χ1v) is 8.97. The Balaban J connectivity index is 1.33. The number of aromatic nitrogens is 4. The molecular formula is C17H24N6O2. The average Bonchev–Trinajstić information content (AvgIpc) is 3.25. The molecule has 0 spiro atoms. The summed E-state index contributed by atoms with van der Waals surface area (Å²) in [6.07, 6.45) is 6.03. The molecule has 0 radical (unpaired) electrons. The van der Waals surface area contributed by atoms with Gasteiger partial charge >= 0.3 is 0 Å². The summed E-state index contributed by atoms with van der Waals surface area (Å²) in [7, 11) is 0. The highest BCUT2D eigenvalue weighted by Gasteiger charge is 2.27. The van der Waals surface area contributed by atoms with Crippen LogP contribution in [-0.2, 0) is 11.2 Å². The van der Waals surface area contributed by atoms with Gasteiger partial charge in [0.25, 0.3) is 0 Å². The zero-order valence-corrected chi connectivity index (χ0v) is 14.5. The van der Waals surface area contributed by atoms with Crippen molar-refractivity contribution in [3.05, 3.63) is 24.0 Å². The molecule has 2 aromatic heterocycles. The zero-order valence-electron chi connectivity index (χ0n) is 14.5. The van der Waals surface area contributed by atoms with Gasteiger partial charge in [-0.1, -0.05) is 0 Å². The van der Waals surface area contributed by atoms with Crippen molar-refractivity contribution in [3.63, 3.8) is 0 Å². The lowest BCUT2D eigenvalue weighted by atomic mass is 10.0. The van der Waals surface area contributed by atoms with E-state index in [4.69, 9.17) is 9.15 Å². The summed E-state index contributed by atoms with van der Waals surface area (Å²) >= 11 is 0. The van der Waals surface area contributed by atoms with Gasteiger partial charge in [0.2, 0.25) is 17.7 Å². The Labute approximate surface area is 147 Å². The minimum absolute atomic E-state index is 0.397. The molecule has 2 aliphatic rings. The maximum atomic E-state index is 5.50. The van der Waals surface area contributed by atoms with Crippen LogP contribution in [0.5, 0.6) is 0 Å². The largest absolute Gasteiger partial charge is 0.426 e. The van der Waals surface area contributed by atoms with E-state index in [2.05, 4.69) is 30.4 Å². The fraction of sp³-hybridized carbons (Fsp3) is 0.647. The fourth-order valence-corrected chi connectivity index (χ4v) is 3.63. The van der Waals surface area contributed by atoms with Crippen LogP contribution in [0, 0.1) is 12.8 Å². The van der Waals surface area contributed by atoms with Crippen LogP contribution in [0.25, 0.3) is 0 Å². The van der Waals surface area contributed by atoms with Crippen LogP contribution in [0.15, 0.2) is 16.7 Å². The van der Waals surface area contributed by atoms with Crippen LogP contribution in [-0.4, -0.2) is 52.5 Å². The molecule has 8 heteroatoms. The Bertz CT molecular complexity index is 700. The van der Waals surface area contributed by atoms with E-state index in [9.17, 15) is 0 Å². The van der Waals surface area contributed by atoms with Crippen molar-refractivity contribution >= 4 is 11.8 Å². The van der Waals surface area contributed by atoms with Gasteiger partial charge in [-0.05, 0) is 31.2 Å². The first-order chi connectivity index (χ1) is 12.3. The number of hydrogen-bond donors (Lipinski definition) is 1. The first-order valence-electron chi connectivity index (χ1n) is 8.97. The van der Waals surface area contributed by atoms with Crippen molar-refractivity contribution in [2.75, 3.05) is 36.5 Å². The lowest BCUT2D eigenvalue weighted by Crippen LogP contribution is -2.36. The number of aryl methyl sites for hydroxylation is 1. The van der Waals surface area contributed by atoms with Crippen molar-refractivity contribution in [2.45, 2.75) is 38.6 Å². The van der Waals surface area contributed by atoms with Gasteiger partial charge < -0.3 is 19.4 Å². The van der Waals surface area contributed by atoms with Crippen LogP contribution >= 0.6 is 0 Å². The second kappa shape index (κ2) is 7.35. The van der Waals surface area contributed by atoms with Crippen molar-refractivity contribution in [2.24, 2.45) is 5.92 Å². The molecule has 134 valence electrons. The van der Waals surface area contributed by atoms with Crippen LogP contribution in [0.3, 0.4) is 0 Å². The van der Waals surface area contributed by atoms with Gasteiger partial charge in [0.1, 0.15) is 5.82 Å². The van der Waals surface area contributed by atoms with Crippen LogP contribution in [0.1, 0.15) is 31.0 Å². The minimum Gasteiger partial charge on any atom is -0.426 e. The Morgan fingerprint density at radius 1 is 1.24 bits per heavy atom. The number of anilines is 2. The molecule has 2 fully saturated rings. The van der Waals surface area contributed by atoms with Gasteiger partial charge in [0.15, 0.2) is 0 Å². The molecule has 0 amide bonds. The molecular weight excluding hydrogens is 320 g/mol.